The van der Waals surface area contributed by atoms with Crippen LogP contribution >= 0.6 is 24.0 Å². The summed E-state index contributed by atoms with van der Waals surface area (Å²) in [4.78, 5) is 7.48. The Bertz CT molecular complexity index is 769. The molecule has 158 valence electrons. The summed E-state index contributed by atoms with van der Waals surface area (Å²) in [5, 5.41) is 11.5. The zero-order chi connectivity index (χ0) is 19.2. The number of halogens is 1. The van der Waals surface area contributed by atoms with Gasteiger partial charge in [0.05, 0.1) is 18.4 Å². The Morgan fingerprint density at radius 2 is 1.97 bits per heavy atom. The summed E-state index contributed by atoms with van der Waals surface area (Å²) >= 11 is 0. The minimum Gasteiger partial charge on any atom is -0.357 e. The highest BCUT2D eigenvalue weighted by Crippen LogP contribution is 2.26. The first-order valence-electron chi connectivity index (χ1n) is 10.7. The van der Waals surface area contributed by atoms with E-state index in [1.54, 1.807) is 0 Å². The Kier molecular flexibility index (Phi) is 8.35. The Balaban J connectivity index is 0.00000240. The molecule has 1 unspecified atom stereocenters. The first-order valence-corrected chi connectivity index (χ1v) is 10.7. The third-order valence-electron chi connectivity index (χ3n) is 5.82. The molecule has 1 aromatic carbocycles. The van der Waals surface area contributed by atoms with Gasteiger partial charge in [0.25, 0.3) is 0 Å². The molecule has 2 heterocycles. The van der Waals surface area contributed by atoms with E-state index < -0.39 is 0 Å². The SMILES string of the molecule is CCNC(=NCc1cnn(-c2ccccc2)c1)NC1CCN(C2CCCC2)C1.I. The molecule has 0 spiro atoms. The van der Waals surface area contributed by atoms with Crippen LogP contribution < -0.4 is 10.6 Å². The second kappa shape index (κ2) is 11.0. The second-order valence-corrected chi connectivity index (χ2v) is 7.89. The van der Waals surface area contributed by atoms with Crippen molar-refractivity contribution in [1.82, 2.24) is 25.3 Å². The number of para-hydroxylation sites is 1. The fourth-order valence-electron chi connectivity index (χ4n) is 4.35. The summed E-state index contributed by atoms with van der Waals surface area (Å²) in [5.41, 5.74) is 2.18. The van der Waals surface area contributed by atoms with E-state index in [1.165, 1.54) is 38.6 Å². The van der Waals surface area contributed by atoms with E-state index in [0.29, 0.717) is 12.6 Å². The summed E-state index contributed by atoms with van der Waals surface area (Å²) in [7, 11) is 0. The molecule has 2 aromatic rings. The van der Waals surface area contributed by atoms with E-state index in [9.17, 15) is 0 Å². The Labute approximate surface area is 191 Å². The van der Waals surface area contributed by atoms with Gasteiger partial charge < -0.3 is 10.6 Å². The second-order valence-electron chi connectivity index (χ2n) is 7.89. The van der Waals surface area contributed by atoms with Crippen LogP contribution in [0.25, 0.3) is 5.69 Å². The van der Waals surface area contributed by atoms with Gasteiger partial charge >= 0.3 is 0 Å². The number of rotatable bonds is 6. The van der Waals surface area contributed by atoms with Crippen LogP contribution in [0.5, 0.6) is 0 Å². The van der Waals surface area contributed by atoms with Gasteiger partial charge in [-0.2, -0.15) is 5.10 Å². The van der Waals surface area contributed by atoms with Crippen molar-refractivity contribution >= 4 is 29.9 Å². The Hall–Kier alpha value is -1.61. The molecule has 4 rings (SSSR count). The Morgan fingerprint density at radius 1 is 1.17 bits per heavy atom. The van der Waals surface area contributed by atoms with E-state index in [4.69, 9.17) is 4.99 Å². The Morgan fingerprint density at radius 3 is 2.72 bits per heavy atom. The third kappa shape index (κ3) is 5.94. The fourth-order valence-corrected chi connectivity index (χ4v) is 4.35. The van der Waals surface area contributed by atoms with Crippen LogP contribution in [-0.4, -0.2) is 52.4 Å². The minimum atomic E-state index is 0. The zero-order valence-corrected chi connectivity index (χ0v) is 19.6. The van der Waals surface area contributed by atoms with Gasteiger partial charge in [0.1, 0.15) is 0 Å². The largest absolute Gasteiger partial charge is 0.357 e. The molecule has 1 aliphatic heterocycles. The van der Waals surface area contributed by atoms with E-state index in [2.05, 4.69) is 45.9 Å². The maximum absolute atomic E-state index is 4.80. The summed E-state index contributed by atoms with van der Waals surface area (Å²) in [6.45, 7) is 5.96. The smallest absolute Gasteiger partial charge is 0.191 e. The molecule has 2 aliphatic rings. The lowest BCUT2D eigenvalue weighted by Crippen LogP contribution is -2.45. The molecule has 0 amide bonds. The normalized spacial score (nSPS) is 20.6. The molecule has 1 aliphatic carbocycles. The molecule has 2 fully saturated rings. The predicted octanol–water partition coefficient (Wildman–Crippen LogP) is 3.56. The van der Waals surface area contributed by atoms with Gasteiger partial charge in [-0.15, -0.1) is 24.0 Å². The van der Waals surface area contributed by atoms with Gasteiger partial charge in [0, 0.05) is 43.5 Å². The first-order chi connectivity index (χ1) is 13.8. The lowest BCUT2D eigenvalue weighted by Gasteiger charge is -2.24. The van der Waals surface area contributed by atoms with Crippen molar-refractivity contribution in [2.45, 2.75) is 57.7 Å². The summed E-state index contributed by atoms with van der Waals surface area (Å²) < 4.78 is 1.90. The van der Waals surface area contributed by atoms with Crippen LogP contribution in [-0.2, 0) is 6.54 Å². The number of hydrogen-bond donors (Lipinski definition) is 2. The van der Waals surface area contributed by atoms with E-state index in [1.807, 2.05) is 29.1 Å². The molecule has 0 radical (unpaired) electrons. The lowest BCUT2D eigenvalue weighted by molar-refractivity contribution is 0.242. The molecule has 29 heavy (non-hydrogen) atoms. The molecule has 7 heteroatoms. The van der Waals surface area contributed by atoms with Crippen LogP contribution in [0.1, 0.15) is 44.6 Å². The monoisotopic (exact) mass is 508 g/mol. The first kappa shape index (κ1) is 22.1. The van der Waals surface area contributed by atoms with Gasteiger partial charge in [-0.05, 0) is 38.3 Å². The maximum Gasteiger partial charge on any atom is 0.191 e. The van der Waals surface area contributed by atoms with Crippen molar-refractivity contribution in [3.8, 4) is 5.69 Å². The molecular weight excluding hydrogens is 475 g/mol. The molecule has 1 saturated carbocycles. The maximum atomic E-state index is 4.80. The highest BCUT2D eigenvalue weighted by Gasteiger charge is 2.30. The highest BCUT2D eigenvalue weighted by atomic mass is 127. The highest BCUT2D eigenvalue weighted by molar-refractivity contribution is 14.0. The van der Waals surface area contributed by atoms with Gasteiger partial charge in [-0.3, -0.25) is 4.90 Å². The van der Waals surface area contributed by atoms with E-state index >= 15 is 0 Å². The zero-order valence-electron chi connectivity index (χ0n) is 17.3. The van der Waals surface area contributed by atoms with Crippen LogP contribution in [0.2, 0.25) is 0 Å². The van der Waals surface area contributed by atoms with Crippen LogP contribution in [0.3, 0.4) is 0 Å². The van der Waals surface area contributed by atoms with Crippen LogP contribution in [0.15, 0.2) is 47.7 Å². The summed E-state index contributed by atoms with van der Waals surface area (Å²) in [5.74, 6) is 0.910. The van der Waals surface area contributed by atoms with Gasteiger partial charge in [-0.1, -0.05) is 31.0 Å². The standard InChI is InChI=1S/C22H32N6.HI/c1-2-23-22(26-19-12-13-27(17-19)20-8-6-7-9-20)24-14-18-15-25-28(16-18)21-10-4-3-5-11-21;/h3-5,10-11,15-16,19-20H,2,6-9,12-14,17H2,1H3,(H2,23,24,26);1H. The van der Waals surface area contributed by atoms with Crippen molar-refractivity contribution in [2.24, 2.45) is 4.99 Å². The van der Waals surface area contributed by atoms with Crippen LogP contribution in [0.4, 0.5) is 0 Å². The fraction of sp³-hybridized carbons (Fsp3) is 0.545. The van der Waals surface area contributed by atoms with Crippen molar-refractivity contribution in [2.75, 3.05) is 19.6 Å². The quantitative estimate of drug-likeness (QED) is 0.356. The molecule has 1 saturated heterocycles. The van der Waals surface area contributed by atoms with Crippen molar-refractivity contribution in [3.63, 3.8) is 0 Å². The van der Waals surface area contributed by atoms with E-state index in [-0.39, 0.29) is 24.0 Å². The molecule has 1 aromatic heterocycles. The third-order valence-corrected chi connectivity index (χ3v) is 5.82. The number of aromatic nitrogens is 2. The van der Waals surface area contributed by atoms with E-state index in [0.717, 1.165) is 36.3 Å². The number of nitrogens with one attached hydrogen (secondary N) is 2. The molecule has 2 N–H and O–H groups in total. The number of benzene rings is 1. The van der Waals surface area contributed by atoms with Gasteiger partial charge in [-0.25, -0.2) is 9.67 Å². The molecule has 1 atom stereocenters. The number of aliphatic imine (C=N–C) groups is 1. The summed E-state index contributed by atoms with van der Waals surface area (Å²) in [6, 6.07) is 11.5. The van der Waals surface area contributed by atoms with Crippen molar-refractivity contribution in [3.05, 3.63) is 48.3 Å². The number of guanidine groups is 1. The lowest BCUT2D eigenvalue weighted by atomic mass is 10.2. The molecule has 6 nitrogen and oxygen atoms in total. The topological polar surface area (TPSA) is 57.5 Å². The molecule has 0 bridgehead atoms. The average Bonchev–Trinajstić information content (AvgIpc) is 3.48. The van der Waals surface area contributed by atoms with Crippen molar-refractivity contribution in [1.29, 1.82) is 0 Å². The van der Waals surface area contributed by atoms with Crippen molar-refractivity contribution < 1.29 is 0 Å². The number of likely N-dealkylation sites (tertiary alicyclic amines) is 1. The van der Waals surface area contributed by atoms with Gasteiger partial charge in [0.2, 0.25) is 0 Å². The van der Waals surface area contributed by atoms with Gasteiger partial charge in [0.15, 0.2) is 5.96 Å². The minimum absolute atomic E-state index is 0. The predicted molar refractivity (Wildman–Crippen MR) is 129 cm³/mol. The van der Waals surface area contributed by atoms with Crippen LogP contribution in [0, 0.1) is 0 Å². The summed E-state index contributed by atoms with van der Waals surface area (Å²) in [6.07, 6.45) is 10.7. The number of nitrogens with zero attached hydrogens (tertiary/aromatic N) is 4. The number of hydrogen-bond acceptors (Lipinski definition) is 3. The average molecular weight is 508 g/mol. The molecular formula is C22H33IN6.